The second kappa shape index (κ2) is 4.12. The van der Waals surface area contributed by atoms with Crippen LogP contribution in [0.3, 0.4) is 0 Å². The first-order valence-electron chi connectivity index (χ1n) is 4.75. The van der Waals surface area contributed by atoms with Gasteiger partial charge in [-0.2, -0.15) is 0 Å². The van der Waals surface area contributed by atoms with Crippen molar-refractivity contribution in [3.63, 3.8) is 0 Å². The van der Waals surface area contributed by atoms with Gasteiger partial charge in [0.2, 0.25) is 0 Å². The third kappa shape index (κ3) is 2.93. The fraction of sp³-hybridized carbons (Fsp3) is 0.364. The van der Waals surface area contributed by atoms with Crippen molar-refractivity contribution in [2.75, 3.05) is 5.75 Å². The van der Waals surface area contributed by atoms with Crippen molar-refractivity contribution in [1.29, 1.82) is 0 Å². The van der Waals surface area contributed by atoms with Crippen molar-refractivity contribution < 1.29 is 5.11 Å². The summed E-state index contributed by atoms with van der Waals surface area (Å²) in [5.41, 5.74) is 0.406. The minimum Gasteiger partial charge on any atom is -0.390 e. The highest BCUT2D eigenvalue weighted by molar-refractivity contribution is 8.01. The standard InChI is InChI=1S/C11H13NOS2/c1-11(2,13)7-14-10-12-8-5-3-4-6-9(8)15-10/h3-6,13H,7H2,1-2H3. The average Bonchev–Trinajstić information content (AvgIpc) is 2.56. The number of nitrogens with zero attached hydrogens (tertiary/aromatic N) is 1. The third-order valence-corrected chi connectivity index (χ3v) is 4.45. The van der Waals surface area contributed by atoms with Gasteiger partial charge in [0.1, 0.15) is 0 Å². The van der Waals surface area contributed by atoms with Crippen molar-refractivity contribution in [3.05, 3.63) is 24.3 Å². The molecule has 0 bridgehead atoms. The van der Waals surface area contributed by atoms with Crippen LogP contribution in [0.5, 0.6) is 0 Å². The highest BCUT2D eigenvalue weighted by atomic mass is 32.2. The molecule has 0 atom stereocenters. The lowest BCUT2D eigenvalue weighted by Crippen LogP contribution is -2.21. The summed E-state index contributed by atoms with van der Waals surface area (Å²) in [4.78, 5) is 4.49. The second-order valence-corrected chi connectivity index (χ2v) is 6.30. The van der Waals surface area contributed by atoms with Gasteiger partial charge in [0.05, 0.1) is 15.8 Å². The highest BCUT2D eigenvalue weighted by Crippen LogP contribution is 2.30. The largest absolute Gasteiger partial charge is 0.390 e. The molecule has 15 heavy (non-hydrogen) atoms. The first kappa shape index (κ1) is 10.9. The van der Waals surface area contributed by atoms with Gasteiger partial charge < -0.3 is 5.11 Å². The van der Waals surface area contributed by atoms with E-state index in [1.54, 1.807) is 23.1 Å². The Bertz CT molecular complexity index is 426. The van der Waals surface area contributed by atoms with E-state index in [-0.39, 0.29) is 0 Å². The highest BCUT2D eigenvalue weighted by Gasteiger charge is 2.14. The zero-order chi connectivity index (χ0) is 10.9. The molecular formula is C11H13NOS2. The van der Waals surface area contributed by atoms with E-state index in [9.17, 15) is 5.11 Å². The number of thioether (sulfide) groups is 1. The van der Waals surface area contributed by atoms with Gasteiger partial charge >= 0.3 is 0 Å². The molecule has 0 saturated carbocycles. The topological polar surface area (TPSA) is 33.1 Å². The SMILES string of the molecule is CC(C)(O)CSc1nc2ccccc2s1. The zero-order valence-electron chi connectivity index (χ0n) is 8.73. The maximum Gasteiger partial charge on any atom is 0.151 e. The molecule has 1 heterocycles. The Kier molecular flexibility index (Phi) is 3.00. The number of hydrogen-bond acceptors (Lipinski definition) is 4. The number of thiazole rings is 1. The van der Waals surface area contributed by atoms with Crippen LogP contribution in [0.15, 0.2) is 28.6 Å². The Morgan fingerprint density at radius 3 is 2.80 bits per heavy atom. The monoisotopic (exact) mass is 239 g/mol. The van der Waals surface area contributed by atoms with Crippen LogP contribution in [0.4, 0.5) is 0 Å². The van der Waals surface area contributed by atoms with Crippen LogP contribution < -0.4 is 0 Å². The summed E-state index contributed by atoms with van der Waals surface area (Å²) in [6.07, 6.45) is 0. The normalized spacial score (nSPS) is 12.2. The van der Waals surface area contributed by atoms with Crippen molar-refractivity contribution in [2.45, 2.75) is 23.8 Å². The number of fused-ring (bicyclic) bond motifs is 1. The van der Waals surface area contributed by atoms with Crippen LogP contribution in [0.2, 0.25) is 0 Å². The fourth-order valence-electron chi connectivity index (χ4n) is 1.15. The lowest BCUT2D eigenvalue weighted by molar-refractivity contribution is 0.107. The first-order valence-corrected chi connectivity index (χ1v) is 6.55. The predicted octanol–water partition coefficient (Wildman–Crippen LogP) is 3.16. The minimum atomic E-state index is -0.636. The van der Waals surface area contributed by atoms with Gasteiger partial charge in [0.25, 0.3) is 0 Å². The fourth-order valence-corrected chi connectivity index (χ4v) is 3.17. The summed E-state index contributed by atoms with van der Waals surface area (Å²) in [5.74, 6) is 0.673. The molecule has 0 aliphatic heterocycles. The van der Waals surface area contributed by atoms with Gasteiger partial charge in [-0.25, -0.2) is 4.98 Å². The summed E-state index contributed by atoms with van der Waals surface area (Å²) in [6, 6.07) is 8.10. The molecule has 0 saturated heterocycles. The molecule has 2 nitrogen and oxygen atoms in total. The van der Waals surface area contributed by atoms with E-state index in [0.717, 1.165) is 9.86 Å². The lowest BCUT2D eigenvalue weighted by atomic mass is 10.2. The number of para-hydroxylation sites is 1. The second-order valence-electron chi connectivity index (χ2n) is 4.05. The van der Waals surface area contributed by atoms with Gasteiger partial charge in [0.15, 0.2) is 4.34 Å². The van der Waals surface area contributed by atoms with E-state index in [2.05, 4.69) is 11.1 Å². The Labute approximate surface area is 97.4 Å². The average molecular weight is 239 g/mol. The Balaban J connectivity index is 2.16. The van der Waals surface area contributed by atoms with Crippen molar-refractivity contribution in [3.8, 4) is 0 Å². The molecule has 1 aromatic carbocycles. The molecule has 1 N–H and O–H groups in total. The van der Waals surface area contributed by atoms with Crippen molar-refractivity contribution in [2.24, 2.45) is 0 Å². The summed E-state index contributed by atoms with van der Waals surface area (Å²) in [7, 11) is 0. The van der Waals surface area contributed by atoms with Gasteiger partial charge in [-0.3, -0.25) is 0 Å². The maximum atomic E-state index is 9.61. The van der Waals surface area contributed by atoms with Crippen LogP contribution in [0.25, 0.3) is 10.2 Å². The molecular weight excluding hydrogens is 226 g/mol. The van der Waals surface area contributed by atoms with E-state index in [1.807, 2.05) is 32.0 Å². The maximum absolute atomic E-state index is 9.61. The van der Waals surface area contributed by atoms with Crippen LogP contribution >= 0.6 is 23.1 Å². The predicted molar refractivity (Wildman–Crippen MR) is 66.6 cm³/mol. The van der Waals surface area contributed by atoms with Crippen LogP contribution in [0.1, 0.15) is 13.8 Å². The smallest absolute Gasteiger partial charge is 0.151 e. The van der Waals surface area contributed by atoms with E-state index >= 15 is 0 Å². The van der Waals surface area contributed by atoms with Crippen LogP contribution in [0, 0.1) is 0 Å². The first-order chi connectivity index (χ1) is 7.04. The molecule has 0 aliphatic rings. The number of hydrogen-bond donors (Lipinski definition) is 1. The quantitative estimate of drug-likeness (QED) is 0.835. The minimum absolute atomic E-state index is 0.636. The molecule has 2 aromatic rings. The van der Waals surface area contributed by atoms with Crippen LogP contribution in [-0.2, 0) is 0 Å². The summed E-state index contributed by atoms with van der Waals surface area (Å²) in [6.45, 7) is 3.63. The number of aliphatic hydroxyl groups is 1. The molecule has 80 valence electrons. The summed E-state index contributed by atoms with van der Waals surface area (Å²) in [5, 5.41) is 9.61. The van der Waals surface area contributed by atoms with Gasteiger partial charge in [-0.15, -0.1) is 11.3 Å². The molecule has 2 rings (SSSR count). The van der Waals surface area contributed by atoms with Crippen LogP contribution in [-0.4, -0.2) is 21.4 Å². The molecule has 0 amide bonds. The molecule has 0 unspecified atom stereocenters. The third-order valence-electron chi connectivity index (χ3n) is 1.82. The summed E-state index contributed by atoms with van der Waals surface area (Å²) >= 11 is 3.29. The molecule has 1 aromatic heterocycles. The summed E-state index contributed by atoms with van der Waals surface area (Å²) < 4.78 is 2.23. The van der Waals surface area contributed by atoms with Gasteiger partial charge in [-0.1, -0.05) is 23.9 Å². The van der Waals surface area contributed by atoms with Crippen molar-refractivity contribution >= 4 is 33.3 Å². The van der Waals surface area contributed by atoms with E-state index in [1.165, 1.54) is 4.70 Å². The van der Waals surface area contributed by atoms with E-state index in [0.29, 0.717) is 5.75 Å². The van der Waals surface area contributed by atoms with Crippen molar-refractivity contribution in [1.82, 2.24) is 4.98 Å². The number of rotatable bonds is 3. The van der Waals surface area contributed by atoms with Gasteiger partial charge in [-0.05, 0) is 26.0 Å². The van der Waals surface area contributed by atoms with E-state index < -0.39 is 5.60 Å². The van der Waals surface area contributed by atoms with E-state index in [4.69, 9.17) is 0 Å². The zero-order valence-corrected chi connectivity index (χ0v) is 10.4. The Hall–Kier alpha value is -0.580. The molecule has 0 spiro atoms. The molecule has 0 aliphatic carbocycles. The number of aromatic nitrogens is 1. The Morgan fingerprint density at radius 1 is 1.40 bits per heavy atom. The molecule has 4 heteroatoms. The van der Waals surface area contributed by atoms with Gasteiger partial charge in [0, 0.05) is 5.75 Å². The Morgan fingerprint density at radius 2 is 2.13 bits per heavy atom. The molecule has 0 radical (unpaired) electrons. The molecule has 0 fully saturated rings. The lowest BCUT2D eigenvalue weighted by Gasteiger charge is -2.14. The number of benzene rings is 1.